The number of carboxylic acid groups (broad SMARTS) is 1. The first-order chi connectivity index (χ1) is 31.1. The van der Waals surface area contributed by atoms with Gasteiger partial charge >= 0.3 is 5.97 Å². The van der Waals surface area contributed by atoms with Crippen LogP contribution in [-0.2, 0) is 47.9 Å². The second kappa shape index (κ2) is 50.7. The van der Waals surface area contributed by atoms with Crippen LogP contribution in [0.3, 0.4) is 0 Å². The number of aliphatic hydroxyl groups excluding tert-OH is 1. The third kappa shape index (κ3) is 59.3. The number of likely N-dealkylation sites (tertiary alicyclic amines) is 1. The number of aliphatic carboxylic acids is 1. The average molecular weight is 967 g/mol. The Balaban J connectivity index is -0.000000142. The van der Waals surface area contributed by atoms with Crippen molar-refractivity contribution in [3.63, 3.8) is 0 Å². The van der Waals surface area contributed by atoms with Gasteiger partial charge < -0.3 is 61.9 Å². The lowest BCUT2D eigenvalue weighted by Gasteiger charge is -2.28. The van der Waals surface area contributed by atoms with Gasteiger partial charge in [-0.05, 0) is 79.3 Å². The molecule has 67 heavy (non-hydrogen) atoms. The number of aldehydes is 1. The van der Waals surface area contributed by atoms with Crippen molar-refractivity contribution in [2.24, 2.45) is 17.3 Å². The molecule has 1 saturated heterocycles. The summed E-state index contributed by atoms with van der Waals surface area (Å²) in [5, 5.41) is 34.0. The molecule has 0 bridgehead atoms. The quantitative estimate of drug-likeness (QED) is 0.0706. The van der Waals surface area contributed by atoms with Crippen LogP contribution in [0, 0.1) is 17.3 Å². The number of carbonyl (C=O) groups is 9. The average Bonchev–Trinajstić information content (AvgIpc) is 3.70. The standard InChI is InChI=1S/C18H32N2O4.C7H14N2O3.C6H11N3O3.C5H13N.C4H10.C3H6O2.2C2H6/c1-14-7-6-10-20(14)15(22)13-19-16(23)17(2,3)9-12-24-18(4,5)8-11-21;1-5(6(2)11)9-7(12)3-8-4-10;1-7-5(11)3-9-6(12)2-8-4-10;1-5(2)4-6-3;1-4(2)3;1-2-3(4)5;2*1-2/h11,14H,6-10,12-13H2,1-5H3,(H,19,23);4-6,11H,3H2,1-2H3,(H,8,10)(H,9,12);4H,2-3H2,1H3,(H,7,11)(H,8,10)(H,9,12);5-6H,4H2,1-3H3;4H,1-3H3;2H2,1H3,(H,4,5);2*1-2H3. The molecular formula is C47H98N8O12. The van der Waals surface area contributed by atoms with Crippen molar-refractivity contribution in [3.05, 3.63) is 0 Å². The van der Waals surface area contributed by atoms with E-state index >= 15 is 0 Å². The van der Waals surface area contributed by atoms with E-state index in [1.165, 1.54) is 7.05 Å². The molecule has 3 unspecified atom stereocenters. The number of hydrogen-bond acceptors (Lipinski definition) is 12. The lowest BCUT2D eigenvalue weighted by Crippen LogP contribution is -2.45. The van der Waals surface area contributed by atoms with Crippen molar-refractivity contribution >= 4 is 54.6 Å². The van der Waals surface area contributed by atoms with E-state index in [4.69, 9.17) is 14.9 Å². The molecule has 1 aliphatic rings. The highest BCUT2D eigenvalue weighted by atomic mass is 16.5. The molecule has 0 aromatic rings. The highest BCUT2D eigenvalue weighted by molar-refractivity contribution is 5.88. The van der Waals surface area contributed by atoms with Crippen LogP contribution in [-0.4, -0.2) is 153 Å². The van der Waals surface area contributed by atoms with Gasteiger partial charge in [-0.25, -0.2) is 0 Å². The fourth-order valence-corrected chi connectivity index (χ4v) is 4.19. The van der Waals surface area contributed by atoms with Crippen molar-refractivity contribution < 1.29 is 58.1 Å². The summed E-state index contributed by atoms with van der Waals surface area (Å²) in [5.74, 6) is -0.289. The van der Waals surface area contributed by atoms with E-state index in [0.29, 0.717) is 32.3 Å². The van der Waals surface area contributed by atoms with Crippen molar-refractivity contribution in [1.29, 1.82) is 0 Å². The van der Waals surface area contributed by atoms with Crippen LogP contribution in [0.1, 0.15) is 150 Å². The largest absolute Gasteiger partial charge is 0.481 e. The zero-order valence-corrected chi connectivity index (χ0v) is 45.0. The molecule has 0 aromatic heterocycles. The van der Waals surface area contributed by atoms with E-state index in [9.17, 15) is 43.2 Å². The molecule has 0 spiro atoms. The van der Waals surface area contributed by atoms with Gasteiger partial charge in [0.15, 0.2) is 0 Å². The molecule has 3 atom stereocenters. The van der Waals surface area contributed by atoms with E-state index in [-0.39, 0.29) is 68.3 Å². The fourth-order valence-electron chi connectivity index (χ4n) is 4.19. The molecule has 20 heteroatoms. The van der Waals surface area contributed by atoms with Gasteiger partial charge in [0.25, 0.3) is 0 Å². The van der Waals surface area contributed by atoms with Crippen LogP contribution < -0.4 is 37.2 Å². The number of carboxylic acids is 1. The molecule has 0 saturated carbocycles. The molecule has 20 nitrogen and oxygen atoms in total. The summed E-state index contributed by atoms with van der Waals surface area (Å²) in [6.07, 6.45) is 4.23. The Morgan fingerprint density at radius 2 is 1.25 bits per heavy atom. The lowest BCUT2D eigenvalue weighted by molar-refractivity contribution is -0.137. The SMILES string of the molecule is CC.CC.CC(C)C.CC(O)C(C)NC(=O)CNC=O.CC1CCCN1C(=O)CNC(=O)C(C)(C)CCOC(C)(C)CC=O.CCC(=O)O.CNC(=O)CNC(=O)CNC=O.CNCC(C)C. The van der Waals surface area contributed by atoms with Crippen molar-refractivity contribution in [1.82, 2.24) is 42.1 Å². The molecule has 0 radical (unpaired) electrons. The maximum Gasteiger partial charge on any atom is 0.303 e. The second-order valence-electron chi connectivity index (χ2n) is 16.8. The molecule has 7 amide bonds. The minimum atomic E-state index is -0.745. The maximum atomic E-state index is 12.4. The van der Waals surface area contributed by atoms with E-state index in [1.807, 2.05) is 74.3 Å². The Morgan fingerprint density at radius 1 is 0.776 bits per heavy atom. The normalized spacial score (nSPS) is 12.9. The second-order valence-corrected chi connectivity index (χ2v) is 16.8. The molecule has 1 rings (SSSR count). The van der Waals surface area contributed by atoms with Crippen LogP contribution in [0.15, 0.2) is 0 Å². The highest BCUT2D eigenvalue weighted by Crippen LogP contribution is 2.23. The van der Waals surface area contributed by atoms with Crippen molar-refractivity contribution in [2.75, 3.05) is 60.0 Å². The summed E-state index contributed by atoms with van der Waals surface area (Å²) in [7, 11) is 3.44. The Morgan fingerprint density at radius 3 is 1.60 bits per heavy atom. The molecule has 398 valence electrons. The number of carbonyl (C=O) groups excluding carboxylic acids is 8. The zero-order valence-electron chi connectivity index (χ0n) is 45.0. The van der Waals surface area contributed by atoms with E-state index in [1.54, 1.807) is 20.8 Å². The van der Waals surface area contributed by atoms with Gasteiger partial charge in [-0.15, -0.1) is 0 Å². The minimum Gasteiger partial charge on any atom is -0.481 e. The predicted octanol–water partition coefficient (Wildman–Crippen LogP) is 3.18. The molecule has 1 heterocycles. The van der Waals surface area contributed by atoms with Crippen LogP contribution >= 0.6 is 0 Å². The minimum absolute atomic E-state index is 0.0208. The van der Waals surface area contributed by atoms with Crippen LogP contribution in [0.4, 0.5) is 0 Å². The van der Waals surface area contributed by atoms with Gasteiger partial charge in [0.05, 0.1) is 43.9 Å². The Labute approximate surface area is 404 Å². The van der Waals surface area contributed by atoms with Gasteiger partial charge in [-0.3, -0.25) is 38.4 Å². The summed E-state index contributed by atoms with van der Waals surface area (Å²) in [6, 6.07) is -0.0400. The first-order valence-electron chi connectivity index (χ1n) is 23.4. The monoisotopic (exact) mass is 967 g/mol. The summed E-state index contributed by atoms with van der Waals surface area (Å²) in [4.78, 5) is 98.0. The Kier molecular flexibility index (Phi) is 58.0. The molecule has 1 aliphatic heterocycles. The number of amides is 7. The number of nitrogens with one attached hydrogen (secondary N) is 7. The number of aliphatic hydroxyl groups is 1. The van der Waals surface area contributed by atoms with Gasteiger partial charge in [0.2, 0.25) is 42.4 Å². The van der Waals surface area contributed by atoms with E-state index in [2.05, 4.69) is 71.8 Å². The predicted molar refractivity (Wildman–Crippen MR) is 267 cm³/mol. The van der Waals surface area contributed by atoms with E-state index in [0.717, 1.165) is 44.1 Å². The Bertz CT molecular complexity index is 1280. The number of ether oxygens (including phenoxy) is 1. The lowest BCUT2D eigenvalue weighted by atomic mass is 9.88. The fraction of sp³-hybridized carbons (Fsp3) is 0.809. The van der Waals surface area contributed by atoms with Crippen LogP contribution in [0.2, 0.25) is 0 Å². The topological polar surface area (TPSA) is 291 Å². The molecule has 0 aromatic carbocycles. The summed E-state index contributed by atoms with van der Waals surface area (Å²) in [6.45, 7) is 35.3. The van der Waals surface area contributed by atoms with Crippen molar-refractivity contribution in [2.45, 2.75) is 174 Å². The smallest absolute Gasteiger partial charge is 0.303 e. The zero-order chi connectivity index (χ0) is 54.2. The molecule has 1 fully saturated rings. The number of rotatable bonds is 22. The van der Waals surface area contributed by atoms with Gasteiger partial charge in [-0.1, -0.05) is 83.1 Å². The van der Waals surface area contributed by atoms with Gasteiger partial charge in [0, 0.05) is 44.5 Å². The summed E-state index contributed by atoms with van der Waals surface area (Å²) < 4.78 is 5.69. The first kappa shape index (κ1) is 76.6. The third-order valence-electron chi connectivity index (χ3n) is 8.13. The maximum absolute atomic E-state index is 12.4. The number of hydrogen-bond donors (Lipinski definition) is 9. The van der Waals surface area contributed by atoms with E-state index < -0.39 is 29.0 Å². The van der Waals surface area contributed by atoms with Crippen LogP contribution in [0.5, 0.6) is 0 Å². The third-order valence-corrected chi connectivity index (χ3v) is 8.13. The molecule has 9 N–H and O–H groups in total. The Hall–Kier alpha value is -4.69. The van der Waals surface area contributed by atoms with Crippen LogP contribution in [0.25, 0.3) is 0 Å². The number of likely N-dealkylation sites (N-methyl/N-ethyl adjacent to an activating group) is 1. The number of nitrogens with zero attached hydrogens (tertiary/aromatic N) is 1. The molecule has 0 aliphatic carbocycles. The van der Waals surface area contributed by atoms with Gasteiger partial charge in [0.1, 0.15) is 6.29 Å². The molecular weight excluding hydrogens is 869 g/mol. The first-order valence-corrected chi connectivity index (χ1v) is 23.4. The van der Waals surface area contributed by atoms with Gasteiger partial charge in [-0.2, -0.15) is 0 Å². The van der Waals surface area contributed by atoms with Crippen molar-refractivity contribution in [3.8, 4) is 0 Å². The highest BCUT2D eigenvalue weighted by Gasteiger charge is 2.31. The summed E-state index contributed by atoms with van der Waals surface area (Å²) in [5.41, 5.74) is -1.15. The summed E-state index contributed by atoms with van der Waals surface area (Å²) >= 11 is 0.